The van der Waals surface area contributed by atoms with Gasteiger partial charge in [0.15, 0.2) is 17.1 Å². The number of amides is 1. The summed E-state index contributed by atoms with van der Waals surface area (Å²) in [5.41, 5.74) is 2.84. The number of ether oxygens (including phenoxy) is 3. The van der Waals surface area contributed by atoms with Crippen molar-refractivity contribution in [1.29, 1.82) is 0 Å². The van der Waals surface area contributed by atoms with Crippen LogP contribution in [0.1, 0.15) is 41.5 Å². The largest absolute Gasteiger partial charge is 0.493 e. The van der Waals surface area contributed by atoms with Crippen LogP contribution < -0.4 is 19.5 Å². The number of aryl methyl sites for hydroxylation is 1. The van der Waals surface area contributed by atoms with E-state index >= 15 is 0 Å². The second kappa shape index (κ2) is 8.38. The van der Waals surface area contributed by atoms with Crippen molar-refractivity contribution in [2.75, 3.05) is 21.3 Å². The van der Waals surface area contributed by atoms with E-state index in [1.54, 1.807) is 33.6 Å². The van der Waals surface area contributed by atoms with Crippen LogP contribution in [0.25, 0.3) is 11.0 Å². The average molecular weight is 398 g/mol. The lowest BCUT2D eigenvalue weighted by atomic mass is 10.1. The minimum absolute atomic E-state index is 0.150. The Morgan fingerprint density at radius 2 is 1.76 bits per heavy atom. The van der Waals surface area contributed by atoms with E-state index in [0.29, 0.717) is 35.0 Å². The van der Waals surface area contributed by atoms with E-state index in [4.69, 9.17) is 14.2 Å². The average Bonchev–Trinajstić information content (AvgIpc) is 3.14. The molecule has 8 heteroatoms. The van der Waals surface area contributed by atoms with Gasteiger partial charge in [-0.25, -0.2) is 9.67 Å². The molecule has 0 spiro atoms. The van der Waals surface area contributed by atoms with E-state index < -0.39 is 0 Å². The van der Waals surface area contributed by atoms with Gasteiger partial charge in [-0.1, -0.05) is 0 Å². The minimum Gasteiger partial charge on any atom is -0.493 e. The molecule has 154 valence electrons. The number of carbonyl (C=O) groups excluding carboxylic acids is 1. The Hall–Kier alpha value is -3.29. The topological polar surface area (TPSA) is 87.5 Å². The molecule has 1 N–H and O–H groups in total. The number of hydrogen-bond donors (Lipinski definition) is 1. The summed E-state index contributed by atoms with van der Waals surface area (Å²) in [7, 11) is 4.67. The van der Waals surface area contributed by atoms with Gasteiger partial charge in [0.05, 0.1) is 38.5 Å². The second-order valence-corrected chi connectivity index (χ2v) is 6.95. The zero-order valence-electron chi connectivity index (χ0n) is 17.6. The number of nitrogens with one attached hydrogen (secondary N) is 1. The highest BCUT2D eigenvalue weighted by molar-refractivity contribution is 6.05. The molecule has 0 unspecified atom stereocenters. The van der Waals surface area contributed by atoms with Crippen LogP contribution in [0.5, 0.6) is 17.2 Å². The quantitative estimate of drug-likeness (QED) is 0.657. The van der Waals surface area contributed by atoms with Gasteiger partial charge in [-0.15, -0.1) is 0 Å². The first-order valence-corrected chi connectivity index (χ1v) is 9.31. The van der Waals surface area contributed by atoms with Crippen molar-refractivity contribution >= 4 is 16.9 Å². The van der Waals surface area contributed by atoms with Crippen LogP contribution in [0.15, 0.2) is 24.4 Å². The molecule has 0 atom stereocenters. The molecule has 0 fully saturated rings. The molecule has 0 radical (unpaired) electrons. The predicted molar refractivity (Wildman–Crippen MR) is 110 cm³/mol. The van der Waals surface area contributed by atoms with E-state index in [0.717, 1.165) is 16.6 Å². The highest BCUT2D eigenvalue weighted by atomic mass is 16.5. The van der Waals surface area contributed by atoms with E-state index in [1.165, 1.54) is 0 Å². The van der Waals surface area contributed by atoms with E-state index in [-0.39, 0.29) is 11.9 Å². The number of fused-ring (bicyclic) bond motifs is 1. The number of carbonyl (C=O) groups is 1. The number of aromatic nitrogens is 3. The van der Waals surface area contributed by atoms with Crippen LogP contribution in [-0.4, -0.2) is 42.0 Å². The maximum Gasteiger partial charge on any atom is 0.252 e. The number of nitrogens with zero attached hydrogens (tertiary/aromatic N) is 3. The van der Waals surface area contributed by atoms with Gasteiger partial charge in [0.1, 0.15) is 0 Å². The molecule has 0 saturated heterocycles. The van der Waals surface area contributed by atoms with Crippen LogP contribution in [0.4, 0.5) is 0 Å². The molecule has 2 heterocycles. The monoisotopic (exact) mass is 398 g/mol. The number of methoxy groups -OCH3 is 3. The maximum absolute atomic E-state index is 12.9. The summed E-state index contributed by atoms with van der Waals surface area (Å²) in [6, 6.07) is 5.55. The summed E-state index contributed by atoms with van der Waals surface area (Å²) >= 11 is 0. The van der Waals surface area contributed by atoms with Crippen LogP contribution in [0.2, 0.25) is 0 Å². The molecule has 3 rings (SSSR count). The van der Waals surface area contributed by atoms with Crippen LogP contribution in [-0.2, 0) is 6.54 Å². The summed E-state index contributed by atoms with van der Waals surface area (Å²) < 4.78 is 17.9. The molecule has 0 aliphatic heterocycles. The Balaban J connectivity index is 1.88. The molecule has 2 aromatic heterocycles. The van der Waals surface area contributed by atoms with Crippen LogP contribution in [0.3, 0.4) is 0 Å². The molecule has 3 aromatic rings. The highest BCUT2D eigenvalue weighted by Gasteiger charge is 2.18. The normalized spacial score (nSPS) is 11.0. The van der Waals surface area contributed by atoms with Gasteiger partial charge in [0.2, 0.25) is 5.75 Å². The molecule has 0 bridgehead atoms. The summed E-state index contributed by atoms with van der Waals surface area (Å²) in [5, 5.41) is 8.07. The molecule has 1 aromatic carbocycles. The molecular formula is C21H26N4O4. The van der Waals surface area contributed by atoms with E-state index in [9.17, 15) is 4.79 Å². The van der Waals surface area contributed by atoms with Crippen molar-refractivity contribution in [2.24, 2.45) is 0 Å². The number of rotatable bonds is 7. The molecule has 0 saturated carbocycles. The molecule has 29 heavy (non-hydrogen) atoms. The Bertz CT molecular complexity index is 1020. The van der Waals surface area contributed by atoms with Gasteiger partial charge in [-0.2, -0.15) is 5.10 Å². The summed E-state index contributed by atoms with van der Waals surface area (Å²) in [6.07, 6.45) is 1.69. The number of pyridine rings is 1. The zero-order chi connectivity index (χ0) is 21.1. The van der Waals surface area contributed by atoms with Crippen molar-refractivity contribution < 1.29 is 19.0 Å². The van der Waals surface area contributed by atoms with Gasteiger partial charge in [-0.05, 0) is 44.5 Å². The lowest BCUT2D eigenvalue weighted by Gasteiger charge is -2.14. The SMILES string of the molecule is COc1cc(CNC(=O)c2cc(C)nc3c2cnn3C(C)C)cc(OC)c1OC. The Labute approximate surface area is 169 Å². The van der Waals surface area contributed by atoms with E-state index in [2.05, 4.69) is 15.4 Å². The molecular weight excluding hydrogens is 372 g/mol. The lowest BCUT2D eigenvalue weighted by molar-refractivity contribution is 0.0952. The lowest BCUT2D eigenvalue weighted by Crippen LogP contribution is -2.23. The third kappa shape index (κ3) is 3.96. The highest BCUT2D eigenvalue weighted by Crippen LogP contribution is 2.38. The fourth-order valence-corrected chi connectivity index (χ4v) is 3.22. The number of benzene rings is 1. The Morgan fingerprint density at radius 3 is 2.31 bits per heavy atom. The smallest absolute Gasteiger partial charge is 0.252 e. The third-order valence-corrected chi connectivity index (χ3v) is 4.61. The molecule has 0 aliphatic carbocycles. The standard InChI is InChI=1S/C21H26N4O4/c1-12(2)25-20-16(11-23-25)15(7-13(3)24-20)21(26)22-10-14-8-17(27-4)19(29-6)18(9-14)28-5/h7-9,11-12H,10H2,1-6H3,(H,22,26). The fourth-order valence-electron chi connectivity index (χ4n) is 3.22. The number of hydrogen-bond acceptors (Lipinski definition) is 6. The van der Waals surface area contributed by atoms with Crippen molar-refractivity contribution in [3.05, 3.63) is 41.2 Å². The minimum atomic E-state index is -0.197. The summed E-state index contributed by atoms with van der Waals surface area (Å²) in [4.78, 5) is 17.5. The molecule has 0 aliphatic rings. The van der Waals surface area contributed by atoms with Crippen molar-refractivity contribution in [2.45, 2.75) is 33.4 Å². The van der Waals surface area contributed by atoms with E-state index in [1.807, 2.05) is 37.6 Å². The summed E-state index contributed by atoms with van der Waals surface area (Å²) in [5.74, 6) is 1.39. The Kier molecular flexibility index (Phi) is 5.91. The van der Waals surface area contributed by atoms with Crippen LogP contribution in [0, 0.1) is 6.92 Å². The first-order chi connectivity index (χ1) is 13.9. The van der Waals surface area contributed by atoms with Crippen molar-refractivity contribution in [3.8, 4) is 17.2 Å². The van der Waals surface area contributed by atoms with Crippen LogP contribution >= 0.6 is 0 Å². The van der Waals surface area contributed by atoms with Gasteiger partial charge in [0, 0.05) is 18.3 Å². The van der Waals surface area contributed by atoms with Gasteiger partial charge in [0.25, 0.3) is 5.91 Å². The summed E-state index contributed by atoms with van der Waals surface area (Å²) in [6.45, 7) is 6.23. The maximum atomic E-state index is 12.9. The van der Waals surface area contributed by atoms with Gasteiger partial charge in [-0.3, -0.25) is 4.79 Å². The third-order valence-electron chi connectivity index (χ3n) is 4.61. The first kappa shape index (κ1) is 20.4. The molecule has 1 amide bonds. The zero-order valence-corrected chi connectivity index (χ0v) is 17.6. The predicted octanol–water partition coefficient (Wildman–Crippen LogP) is 3.28. The second-order valence-electron chi connectivity index (χ2n) is 6.95. The first-order valence-electron chi connectivity index (χ1n) is 9.31. The Morgan fingerprint density at radius 1 is 1.10 bits per heavy atom. The molecule has 8 nitrogen and oxygen atoms in total. The van der Waals surface area contributed by atoms with Gasteiger partial charge >= 0.3 is 0 Å². The van der Waals surface area contributed by atoms with Gasteiger partial charge < -0.3 is 19.5 Å². The van der Waals surface area contributed by atoms with Crippen molar-refractivity contribution in [3.63, 3.8) is 0 Å². The van der Waals surface area contributed by atoms with Crippen molar-refractivity contribution in [1.82, 2.24) is 20.1 Å². The fraction of sp³-hybridized carbons (Fsp3) is 0.381.